The Kier molecular flexibility index (Phi) is 6.01. The summed E-state index contributed by atoms with van der Waals surface area (Å²) in [5.74, 6) is 1.61. The number of hydrogen-bond acceptors (Lipinski definition) is 5. The van der Waals surface area contributed by atoms with Gasteiger partial charge in [0.25, 0.3) is 0 Å². The number of nitrogens with zero attached hydrogens (tertiary/aromatic N) is 2. The second-order valence-electron chi connectivity index (χ2n) is 7.54. The van der Waals surface area contributed by atoms with Crippen LogP contribution >= 0.6 is 0 Å². The van der Waals surface area contributed by atoms with E-state index in [1.807, 2.05) is 24.0 Å². The summed E-state index contributed by atoms with van der Waals surface area (Å²) in [5, 5.41) is 0. The molecular formula is C21H30N2O5. The van der Waals surface area contributed by atoms with Crippen LogP contribution in [0.4, 0.5) is 0 Å². The van der Waals surface area contributed by atoms with Crippen LogP contribution in [0.3, 0.4) is 0 Å². The van der Waals surface area contributed by atoms with E-state index in [-0.39, 0.29) is 29.6 Å². The molecule has 0 bridgehead atoms. The summed E-state index contributed by atoms with van der Waals surface area (Å²) >= 11 is 0. The number of carbonyl (C=O) groups excluding carboxylic acids is 2. The Bertz CT molecular complexity index is 721. The van der Waals surface area contributed by atoms with E-state index in [2.05, 4.69) is 0 Å². The Hall–Kier alpha value is -2.44. The Morgan fingerprint density at radius 2 is 1.68 bits per heavy atom. The Morgan fingerprint density at radius 1 is 1.07 bits per heavy atom. The molecule has 1 saturated carbocycles. The molecule has 0 N–H and O–H groups in total. The van der Waals surface area contributed by atoms with E-state index in [0.717, 1.165) is 18.4 Å². The highest BCUT2D eigenvalue weighted by atomic mass is 16.5. The van der Waals surface area contributed by atoms with Gasteiger partial charge in [0, 0.05) is 38.5 Å². The van der Waals surface area contributed by atoms with Crippen LogP contribution in [0.5, 0.6) is 17.2 Å². The third-order valence-electron chi connectivity index (χ3n) is 5.84. The van der Waals surface area contributed by atoms with Crippen molar-refractivity contribution in [2.24, 2.45) is 11.8 Å². The lowest BCUT2D eigenvalue weighted by Gasteiger charge is -2.24. The van der Waals surface area contributed by atoms with Crippen molar-refractivity contribution < 1.29 is 23.8 Å². The largest absolute Gasteiger partial charge is 0.493 e. The first-order valence-corrected chi connectivity index (χ1v) is 9.78. The van der Waals surface area contributed by atoms with Crippen molar-refractivity contribution in [1.29, 1.82) is 0 Å². The van der Waals surface area contributed by atoms with E-state index in [1.165, 1.54) is 0 Å². The zero-order valence-electron chi connectivity index (χ0n) is 17.4. The predicted molar refractivity (Wildman–Crippen MR) is 105 cm³/mol. The number of methoxy groups -OCH3 is 3. The fraction of sp³-hybridized carbons (Fsp3) is 0.619. The molecular weight excluding hydrogens is 360 g/mol. The van der Waals surface area contributed by atoms with Gasteiger partial charge in [-0.3, -0.25) is 9.59 Å². The van der Waals surface area contributed by atoms with Crippen LogP contribution in [-0.2, 0) is 9.59 Å². The molecule has 2 atom stereocenters. The second kappa shape index (κ2) is 8.29. The van der Waals surface area contributed by atoms with Gasteiger partial charge in [-0.05, 0) is 37.5 Å². The minimum absolute atomic E-state index is 0.0624. The van der Waals surface area contributed by atoms with E-state index in [9.17, 15) is 9.59 Å². The van der Waals surface area contributed by atoms with E-state index < -0.39 is 0 Å². The first-order valence-electron chi connectivity index (χ1n) is 9.78. The van der Waals surface area contributed by atoms with Crippen molar-refractivity contribution in [3.8, 4) is 17.2 Å². The van der Waals surface area contributed by atoms with Gasteiger partial charge in [-0.1, -0.05) is 0 Å². The first-order chi connectivity index (χ1) is 13.4. The van der Waals surface area contributed by atoms with Gasteiger partial charge >= 0.3 is 0 Å². The van der Waals surface area contributed by atoms with Crippen LogP contribution in [0.25, 0.3) is 0 Å². The molecule has 1 heterocycles. The van der Waals surface area contributed by atoms with Crippen LogP contribution in [0.1, 0.15) is 31.2 Å². The van der Waals surface area contributed by atoms with E-state index in [4.69, 9.17) is 14.2 Å². The molecule has 1 saturated heterocycles. The van der Waals surface area contributed by atoms with E-state index in [1.54, 1.807) is 33.3 Å². The molecule has 1 aliphatic heterocycles. The molecule has 3 rings (SSSR count). The number of carbonyl (C=O) groups is 2. The minimum atomic E-state index is -0.282. The molecule has 1 aromatic rings. The molecule has 154 valence electrons. The summed E-state index contributed by atoms with van der Waals surface area (Å²) < 4.78 is 16.4. The van der Waals surface area contributed by atoms with Crippen molar-refractivity contribution in [2.45, 2.75) is 25.7 Å². The predicted octanol–water partition coefficient (Wildman–Crippen LogP) is 2.14. The van der Waals surface area contributed by atoms with Gasteiger partial charge in [-0.15, -0.1) is 0 Å². The fourth-order valence-corrected chi connectivity index (χ4v) is 3.91. The average Bonchev–Trinajstić information content (AvgIpc) is 3.48. The van der Waals surface area contributed by atoms with E-state index >= 15 is 0 Å². The topological polar surface area (TPSA) is 68.3 Å². The molecule has 0 spiro atoms. The summed E-state index contributed by atoms with van der Waals surface area (Å²) in [6.45, 7) is 3.57. The van der Waals surface area contributed by atoms with E-state index in [0.29, 0.717) is 36.9 Å². The number of benzene rings is 1. The first kappa shape index (κ1) is 20.3. The monoisotopic (exact) mass is 390 g/mol. The Morgan fingerprint density at radius 3 is 2.14 bits per heavy atom. The van der Waals surface area contributed by atoms with Crippen LogP contribution in [0.2, 0.25) is 0 Å². The summed E-state index contributed by atoms with van der Waals surface area (Å²) in [4.78, 5) is 29.3. The zero-order valence-corrected chi connectivity index (χ0v) is 17.4. The van der Waals surface area contributed by atoms with Gasteiger partial charge in [0.2, 0.25) is 17.6 Å². The van der Waals surface area contributed by atoms with Gasteiger partial charge in [0.1, 0.15) is 0 Å². The number of rotatable bonds is 7. The number of amides is 2. The molecule has 2 aliphatic rings. The van der Waals surface area contributed by atoms with Crippen LogP contribution in [-0.4, -0.2) is 69.6 Å². The van der Waals surface area contributed by atoms with Crippen LogP contribution in [0.15, 0.2) is 12.1 Å². The second-order valence-corrected chi connectivity index (χ2v) is 7.54. The Labute approximate surface area is 166 Å². The molecule has 2 amide bonds. The SMILES string of the molecule is CCN(C)C(=O)[C@@H]1CN(C(=O)C2CC2)C[C@H]1c1cc(OC)c(OC)c(OC)c1. The lowest BCUT2D eigenvalue weighted by atomic mass is 9.87. The lowest BCUT2D eigenvalue weighted by Crippen LogP contribution is -2.37. The standard InChI is InChI=1S/C21H30N2O5/c1-6-22(2)21(25)16-12-23(20(24)13-7-8-13)11-15(16)14-9-17(26-3)19(28-5)18(10-14)27-4/h9-10,13,15-16H,6-8,11-12H2,1-5H3/t15-,16+/m0/s1. The molecule has 0 unspecified atom stereocenters. The average molecular weight is 390 g/mol. The van der Waals surface area contributed by atoms with Crippen molar-refractivity contribution in [3.05, 3.63) is 17.7 Å². The third-order valence-corrected chi connectivity index (χ3v) is 5.84. The van der Waals surface area contributed by atoms with Crippen molar-refractivity contribution in [1.82, 2.24) is 9.80 Å². The van der Waals surface area contributed by atoms with Crippen molar-refractivity contribution in [3.63, 3.8) is 0 Å². The maximum atomic E-state index is 13.0. The number of hydrogen-bond donors (Lipinski definition) is 0. The number of ether oxygens (including phenoxy) is 3. The Balaban J connectivity index is 1.98. The normalized spacial score (nSPS) is 21.4. The maximum absolute atomic E-state index is 13.0. The van der Waals surface area contributed by atoms with Crippen molar-refractivity contribution in [2.75, 3.05) is 48.0 Å². The zero-order chi connectivity index (χ0) is 20.4. The summed E-state index contributed by atoms with van der Waals surface area (Å²) in [7, 11) is 6.52. The molecule has 7 heteroatoms. The highest BCUT2D eigenvalue weighted by Gasteiger charge is 2.44. The summed E-state index contributed by atoms with van der Waals surface area (Å²) in [6, 6.07) is 3.78. The highest BCUT2D eigenvalue weighted by molar-refractivity contribution is 5.85. The maximum Gasteiger partial charge on any atom is 0.227 e. The smallest absolute Gasteiger partial charge is 0.227 e. The quantitative estimate of drug-likeness (QED) is 0.714. The minimum Gasteiger partial charge on any atom is -0.493 e. The molecule has 28 heavy (non-hydrogen) atoms. The van der Waals surface area contributed by atoms with Gasteiger partial charge in [-0.25, -0.2) is 0 Å². The van der Waals surface area contributed by atoms with Crippen LogP contribution < -0.4 is 14.2 Å². The molecule has 2 fully saturated rings. The summed E-state index contributed by atoms with van der Waals surface area (Å²) in [5.41, 5.74) is 0.920. The van der Waals surface area contributed by atoms with Crippen LogP contribution in [0, 0.1) is 11.8 Å². The van der Waals surface area contributed by atoms with Gasteiger partial charge in [0.05, 0.1) is 27.2 Å². The van der Waals surface area contributed by atoms with Gasteiger partial charge in [-0.2, -0.15) is 0 Å². The molecule has 1 aliphatic carbocycles. The van der Waals surface area contributed by atoms with Crippen molar-refractivity contribution >= 4 is 11.8 Å². The number of likely N-dealkylation sites (tertiary alicyclic amines) is 1. The third kappa shape index (κ3) is 3.75. The fourth-order valence-electron chi connectivity index (χ4n) is 3.91. The molecule has 0 aromatic heterocycles. The highest BCUT2D eigenvalue weighted by Crippen LogP contribution is 2.44. The molecule has 7 nitrogen and oxygen atoms in total. The van der Waals surface area contributed by atoms with Gasteiger partial charge < -0.3 is 24.0 Å². The molecule has 1 aromatic carbocycles. The summed E-state index contributed by atoms with van der Waals surface area (Å²) in [6.07, 6.45) is 1.91. The van der Waals surface area contributed by atoms with Gasteiger partial charge in [0.15, 0.2) is 11.5 Å². The molecule has 0 radical (unpaired) electrons. The lowest BCUT2D eigenvalue weighted by molar-refractivity contribution is -0.135.